The smallest absolute Gasteiger partial charge is 0.237 e. The number of primary amides is 1. The van der Waals surface area contributed by atoms with Crippen LogP contribution < -0.4 is 11.1 Å². The van der Waals surface area contributed by atoms with Gasteiger partial charge in [0.1, 0.15) is 0 Å². The molecule has 108 valence electrons. The minimum Gasteiger partial charge on any atom is -0.368 e. The third-order valence-electron chi connectivity index (χ3n) is 3.73. The molecule has 0 aliphatic rings. The van der Waals surface area contributed by atoms with Gasteiger partial charge in [-0.05, 0) is 46.7 Å². The molecule has 0 bridgehead atoms. The van der Waals surface area contributed by atoms with Gasteiger partial charge in [0.05, 0.1) is 5.54 Å². The van der Waals surface area contributed by atoms with E-state index in [2.05, 4.69) is 38.0 Å². The number of rotatable bonds is 10. The molecular weight excluding hydrogens is 226 g/mol. The van der Waals surface area contributed by atoms with Crippen LogP contribution >= 0.6 is 0 Å². The molecule has 4 heteroatoms. The van der Waals surface area contributed by atoms with Crippen LogP contribution in [0.3, 0.4) is 0 Å². The van der Waals surface area contributed by atoms with Gasteiger partial charge in [-0.2, -0.15) is 0 Å². The van der Waals surface area contributed by atoms with Crippen LogP contribution in [0.2, 0.25) is 0 Å². The van der Waals surface area contributed by atoms with Gasteiger partial charge in [0.25, 0.3) is 0 Å². The lowest BCUT2D eigenvalue weighted by molar-refractivity contribution is -0.124. The fraction of sp³-hybridized carbons (Fsp3) is 0.929. The Morgan fingerprint density at radius 2 is 2.00 bits per heavy atom. The molecule has 0 heterocycles. The number of nitrogens with two attached hydrogens (primary N) is 1. The lowest BCUT2D eigenvalue weighted by Gasteiger charge is -2.31. The van der Waals surface area contributed by atoms with Gasteiger partial charge in [-0.15, -0.1) is 0 Å². The molecule has 3 N–H and O–H groups in total. The number of nitrogens with one attached hydrogen (secondary N) is 1. The summed E-state index contributed by atoms with van der Waals surface area (Å²) in [7, 11) is 2.11. The zero-order valence-electron chi connectivity index (χ0n) is 12.8. The Bertz CT molecular complexity index is 245. The van der Waals surface area contributed by atoms with Gasteiger partial charge in [0.15, 0.2) is 0 Å². The van der Waals surface area contributed by atoms with Gasteiger partial charge < -0.3 is 16.0 Å². The van der Waals surface area contributed by atoms with Crippen molar-refractivity contribution in [3.05, 3.63) is 0 Å². The van der Waals surface area contributed by atoms with Crippen LogP contribution in [0.1, 0.15) is 53.4 Å². The van der Waals surface area contributed by atoms with Gasteiger partial charge in [-0.1, -0.05) is 20.3 Å². The zero-order chi connectivity index (χ0) is 14.2. The van der Waals surface area contributed by atoms with Crippen LogP contribution in [0.15, 0.2) is 0 Å². The van der Waals surface area contributed by atoms with E-state index < -0.39 is 5.54 Å². The molecule has 0 radical (unpaired) electrons. The fourth-order valence-electron chi connectivity index (χ4n) is 1.96. The second-order valence-electron chi connectivity index (χ2n) is 5.49. The summed E-state index contributed by atoms with van der Waals surface area (Å²) in [5, 5.41) is 3.27. The number of amides is 1. The molecule has 2 unspecified atom stereocenters. The Labute approximate surface area is 112 Å². The summed E-state index contributed by atoms with van der Waals surface area (Å²) in [4.78, 5) is 13.9. The van der Waals surface area contributed by atoms with Crippen LogP contribution in [-0.4, -0.2) is 42.5 Å². The normalized spacial score (nSPS) is 16.6. The molecule has 0 spiro atoms. The van der Waals surface area contributed by atoms with Crippen molar-refractivity contribution in [1.82, 2.24) is 10.2 Å². The van der Waals surface area contributed by atoms with Crippen molar-refractivity contribution in [1.29, 1.82) is 0 Å². The molecule has 2 atom stereocenters. The highest BCUT2D eigenvalue weighted by molar-refractivity contribution is 5.84. The number of hydrogen-bond donors (Lipinski definition) is 2. The molecule has 1 amide bonds. The first-order chi connectivity index (χ1) is 8.37. The van der Waals surface area contributed by atoms with E-state index in [4.69, 9.17) is 5.73 Å². The molecule has 4 nitrogen and oxygen atoms in total. The minimum absolute atomic E-state index is 0.257. The zero-order valence-corrected chi connectivity index (χ0v) is 12.8. The van der Waals surface area contributed by atoms with Crippen LogP contribution in [-0.2, 0) is 4.79 Å². The third kappa shape index (κ3) is 5.83. The molecular formula is C14H31N3O. The minimum atomic E-state index is -0.587. The Kier molecular flexibility index (Phi) is 8.20. The van der Waals surface area contributed by atoms with Gasteiger partial charge >= 0.3 is 0 Å². The predicted molar refractivity (Wildman–Crippen MR) is 77.5 cm³/mol. The van der Waals surface area contributed by atoms with Crippen LogP contribution in [0.4, 0.5) is 0 Å². The van der Waals surface area contributed by atoms with E-state index >= 15 is 0 Å². The van der Waals surface area contributed by atoms with Crippen molar-refractivity contribution in [2.24, 2.45) is 5.73 Å². The molecule has 0 aromatic carbocycles. The monoisotopic (exact) mass is 257 g/mol. The van der Waals surface area contributed by atoms with Crippen LogP contribution in [0, 0.1) is 0 Å². The van der Waals surface area contributed by atoms with Crippen molar-refractivity contribution in [2.75, 3.05) is 20.1 Å². The van der Waals surface area contributed by atoms with E-state index in [-0.39, 0.29) is 5.91 Å². The summed E-state index contributed by atoms with van der Waals surface area (Å²) in [5.41, 5.74) is 4.93. The second kappa shape index (κ2) is 8.48. The molecule has 18 heavy (non-hydrogen) atoms. The maximum atomic E-state index is 11.6. The molecule has 0 saturated heterocycles. The Morgan fingerprint density at radius 3 is 2.44 bits per heavy atom. The topological polar surface area (TPSA) is 58.4 Å². The second-order valence-corrected chi connectivity index (χ2v) is 5.49. The molecule has 0 rings (SSSR count). The van der Waals surface area contributed by atoms with Crippen molar-refractivity contribution in [3.63, 3.8) is 0 Å². The highest BCUT2D eigenvalue weighted by atomic mass is 16.1. The molecule has 0 saturated carbocycles. The molecule has 0 aromatic heterocycles. The summed E-state index contributed by atoms with van der Waals surface area (Å²) < 4.78 is 0. The predicted octanol–water partition coefficient (Wildman–Crippen LogP) is 1.74. The summed E-state index contributed by atoms with van der Waals surface area (Å²) >= 11 is 0. The van der Waals surface area contributed by atoms with Crippen LogP contribution in [0.5, 0.6) is 0 Å². The quantitative estimate of drug-likeness (QED) is 0.627. The molecule has 0 aliphatic carbocycles. The van der Waals surface area contributed by atoms with E-state index in [1.54, 1.807) is 0 Å². The van der Waals surface area contributed by atoms with Gasteiger partial charge in [-0.3, -0.25) is 4.79 Å². The molecule has 0 aromatic rings. The number of carbonyl (C=O) groups excluding carboxylic acids is 1. The third-order valence-corrected chi connectivity index (χ3v) is 3.73. The van der Waals surface area contributed by atoms with E-state index in [1.807, 2.05) is 6.92 Å². The average Bonchev–Trinajstić information content (AvgIpc) is 2.33. The van der Waals surface area contributed by atoms with E-state index in [1.165, 1.54) is 12.8 Å². The van der Waals surface area contributed by atoms with Crippen LogP contribution in [0.25, 0.3) is 0 Å². The Balaban J connectivity index is 4.30. The number of carbonyl (C=O) groups is 1. The van der Waals surface area contributed by atoms with Crippen molar-refractivity contribution in [2.45, 2.75) is 65.0 Å². The first-order valence-electron chi connectivity index (χ1n) is 7.12. The average molecular weight is 257 g/mol. The van der Waals surface area contributed by atoms with Crippen molar-refractivity contribution < 1.29 is 4.79 Å². The summed E-state index contributed by atoms with van der Waals surface area (Å²) in [6.45, 7) is 10.1. The maximum Gasteiger partial charge on any atom is 0.237 e. The highest BCUT2D eigenvalue weighted by Crippen LogP contribution is 2.12. The highest BCUT2D eigenvalue weighted by Gasteiger charge is 2.30. The summed E-state index contributed by atoms with van der Waals surface area (Å²) in [5.74, 6) is -0.257. The summed E-state index contributed by atoms with van der Waals surface area (Å²) in [6, 6.07) is 0.554. The Morgan fingerprint density at radius 1 is 1.39 bits per heavy atom. The molecule has 0 fully saturated rings. The van der Waals surface area contributed by atoms with Gasteiger partial charge in [-0.25, -0.2) is 0 Å². The standard InChI is InChI=1S/C14H31N3O/c1-6-8-12(3)17(5)11-9-14(4,13(15)18)16-10-7-2/h12,16H,6-11H2,1-5H3,(H2,15,18). The summed E-state index contributed by atoms with van der Waals surface area (Å²) in [6.07, 6.45) is 4.14. The lowest BCUT2D eigenvalue weighted by Crippen LogP contribution is -2.55. The number of hydrogen-bond acceptors (Lipinski definition) is 3. The lowest BCUT2D eigenvalue weighted by atomic mass is 9.96. The van der Waals surface area contributed by atoms with E-state index in [0.717, 1.165) is 25.9 Å². The first-order valence-corrected chi connectivity index (χ1v) is 7.12. The maximum absolute atomic E-state index is 11.6. The van der Waals surface area contributed by atoms with Gasteiger partial charge in [0.2, 0.25) is 5.91 Å². The SMILES string of the molecule is CCCNC(C)(CCN(C)C(C)CCC)C(N)=O. The van der Waals surface area contributed by atoms with Crippen molar-refractivity contribution in [3.8, 4) is 0 Å². The molecule has 0 aliphatic heterocycles. The van der Waals surface area contributed by atoms with E-state index in [9.17, 15) is 4.79 Å². The van der Waals surface area contributed by atoms with Crippen molar-refractivity contribution >= 4 is 5.91 Å². The largest absolute Gasteiger partial charge is 0.368 e. The Hall–Kier alpha value is -0.610. The van der Waals surface area contributed by atoms with Gasteiger partial charge in [0, 0.05) is 12.6 Å². The fourth-order valence-corrected chi connectivity index (χ4v) is 1.96. The number of nitrogens with zero attached hydrogens (tertiary/aromatic N) is 1. The first kappa shape index (κ1) is 17.4. The van der Waals surface area contributed by atoms with E-state index in [0.29, 0.717) is 6.04 Å².